The number of aliphatic imine (C=N–C) groups is 2. The van der Waals surface area contributed by atoms with Crippen LogP contribution in [0.5, 0.6) is 0 Å². The van der Waals surface area contributed by atoms with E-state index in [1.165, 1.54) is 27.1 Å². The molecule has 6 aromatic rings. The first-order chi connectivity index (χ1) is 27.9. The van der Waals surface area contributed by atoms with E-state index in [4.69, 9.17) is 4.74 Å². The van der Waals surface area contributed by atoms with Gasteiger partial charge >= 0.3 is 5.97 Å². The molecule has 0 spiro atoms. The molecule has 0 unspecified atom stereocenters. The second-order valence-electron chi connectivity index (χ2n) is 15.0. The molecule has 15 heteroatoms. The third-order valence-electron chi connectivity index (χ3n) is 11.5. The predicted molar refractivity (Wildman–Crippen MR) is 223 cm³/mol. The number of ether oxygens (including phenoxy) is 1. The molecule has 2 aromatic carbocycles. The fraction of sp³-hybridized carbons (Fsp3) is 0.333. The largest absolute Gasteiger partial charge is 0.481 e. The molecule has 1 amide bonds. The lowest BCUT2D eigenvalue weighted by molar-refractivity contribution is -0.142. The summed E-state index contributed by atoms with van der Waals surface area (Å²) in [6, 6.07) is 12.5. The first kappa shape index (κ1) is 35.8. The van der Waals surface area contributed by atoms with Gasteiger partial charge in [0, 0.05) is 52.6 Å². The third kappa shape index (κ3) is 6.93. The Hall–Kier alpha value is -5.64. The summed E-state index contributed by atoms with van der Waals surface area (Å²) in [5.74, 6) is 0.953. The highest BCUT2D eigenvalue weighted by atomic mass is 32.1. The van der Waals surface area contributed by atoms with Gasteiger partial charge in [-0.2, -0.15) is 0 Å². The first-order valence-corrected chi connectivity index (χ1v) is 21.0. The molecule has 2 atom stereocenters. The fourth-order valence-electron chi connectivity index (χ4n) is 8.51. The van der Waals surface area contributed by atoms with Crippen LogP contribution in [0.2, 0.25) is 0 Å². The van der Waals surface area contributed by atoms with Crippen molar-refractivity contribution in [3.63, 3.8) is 0 Å². The lowest BCUT2D eigenvalue weighted by Gasteiger charge is -2.31. The second-order valence-corrected chi connectivity index (χ2v) is 17.2. The molecule has 5 aliphatic rings. The number of nitrogens with one attached hydrogen (secondary N) is 2. The van der Waals surface area contributed by atoms with Gasteiger partial charge in [-0.25, -0.2) is 19.9 Å². The molecule has 3 aliphatic heterocycles. The Bertz CT molecular complexity index is 2630. The van der Waals surface area contributed by atoms with E-state index in [1.807, 2.05) is 23.4 Å². The van der Waals surface area contributed by atoms with Gasteiger partial charge in [0.25, 0.3) is 0 Å². The Kier molecular flexibility index (Phi) is 9.43. The van der Waals surface area contributed by atoms with Gasteiger partial charge in [0.05, 0.1) is 43.0 Å². The summed E-state index contributed by atoms with van der Waals surface area (Å²) in [5, 5.41) is 18.4. The summed E-state index contributed by atoms with van der Waals surface area (Å²) in [7, 11) is 0. The van der Waals surface area contributed by atoms with Crippen LogP contribution in [-0.2, 0) is 53.1 Å². The lowest BCUT2D eigenvalue weighted by Crippen LogP contribution is -2.44. The topological polar surface area (TPSA) is 167 Å². The van der Waals surface area contributed by atoms with Crippen LogP contribution in [-0.4, -0.2) is 80.6 Å². The molecule has 57 heavy (non-hydrogen) atoms. The number of benzene rings is 2. The average Bonchev–Trinajstić information content (AvgIpc) is 4.05. The Morgan fingerprint density at radius 1 is 0.719 bits per heavy atom. The number of thiophene rings is 2. The number of anilines is 4. The van der Waals surface area contributed by atoms with Crippen molar-refractivity contribution >= 4 is 90.4 Å². The Labute approximate surface area is 336 Å². The Morgan fingerprint density at radius 2 is 1.25 bits per heavy atom. The maximum Gasteiger partial charge on any atom is 0.306 e. The van der Waals surface area contributed by atoms with Crippen LogP contribution in [0.25, 0.3) is 20.4 Å². The summed E-state index contributed by atoms with van der Waals surface area (Å²) >= 11 is 3.29. The smallest absolute Gasteiger partial charge is 0.306 e. The summed E-state index contributed by atoms with van der Waals surface area (Å²) in [5.41, 5.74) is 9.26. The van der Waals surface area contributed by atoms with Gasteiger partial charge in [-0.1, -0.05) is 12.1 Å². The fourth-order valence-corrected chi connectivity index (χ4v) is 11.0. The minimum absolute atomic E-state index is 0.0547. The minimum atomic E-state index is -0.711. The molecule has 1 saturated heterocycles. The first-order valence-electron chi connectivity index (χ1n) is 19.3. The predicted octanol–water partition coefficient (Wildman–Crippen LogP) is 6.89. The van der Waals surface area contributed by atoms with E-state index in [9.17, 15) is 14.7 Å². The Balaban J connectivity index is 0.000000141. The number of aryl methyl sites for hydroxylation is 2. The number of aliphatic carboxylic acids is 1. The molecular formula is C42H39N9O4S2. The van der Waals surface area contributed by atoms with Crippen molar-refractivity contribution in [3.05, 3.63) is 92.2 Å². The molecule has 288 valence electrons. The molecule has 0 saturated carbocycles. The number of hydrogen-bond donors (Lipinski definition) is 3. The summed E-state index contributed by atoms with van der Waals surface area (Å²) in [6.45, 7) is 4.21. The number of aromatic nitrogens is 4. The zero-order chi connectivity index (χ0) is 38.5. The van der Waals surface area contributed by atoms with E-state index in [0.29, 0.717) is 39.1 Å². The van der Waals surface area contributed by atoms with E-state index in [-0.39, 0.29) is 17.7 Å². The number of nitrogens with zero attached hydrogens (tertiary/aromatic N) is 7. The molecule has 13 nitrogen and oxygen atoms in total. The van der Waals surface area contributed by atoms with Crippen molar-refractivity contribution in [1.82, 2.24) is 24.8 Å². The van der Waals surface area contributed by atoms with E-state index in [2.05, 4.69) is 70.9 Å². The van der Waals surface area contributed by atoms with Crippen molar-refractivity contribution in [3.8, 4) is 0 Å². The van der Waals surface area contributed by atoms with Crippen molar-refractivity contribution < 1.29 is 19.4 Å². The number of amides is 1. The average molecular weight is 798 g/mol. The Morgan fingerprint density at radius 3 is 1.79 bits per heavy atom. The van der Waals surface area contributed by atoms with Crippen LogP contribution in [0, 0.1) is 11.8 Å². The van der Waals surface area contributed by atoms with Gasteiger partial charge in [0.1, 0.15) is 34.0 Å². The molecule has 0 radical (unpaired) electrons. The van der Waals surface area contributed by atoms with Crippen LogP contribution >= 0.6 is 22.7 Å². The van der Waals surface area contributed by atoms with Gasteiger partial charge in [-0.3, -0.25) is 19.6 Å². The number of hydrogen-bond acceptors (Lipinski definition) is 13. The summed E-state index contributed by atoms with van der Waals surface area (Å²) in [6.07, 6.45) is 11.6. The quantitative estimate of drug-likeness (QED) is 0.162. The molecule has 1 fully saturated rings. The number of carboxylic acids is 1. The SMILES string of the molecule is O=C(O)[C@H]1CCc2c(sc3ncnc(Nc4ccc5c(c4)C=NC5)c23)C1.O=C([C@H]1CCc2c(sc3ncnc(Nc4ccc5c(c4)C=NC5)c23)C1)N1CCOCC1. The highest BCUT2D eigenvalue weighted by Gasteiger charge is 2.33. The molecule has 2 aliphatic carbocycles. The third-order valence-corrected chi connectivity index (χ3v) is 13.8. The van der Waals surface area contributed by atoms with Gasteiger partial charge in [-0.05, 0) is 96.2 Å². The standard InChI is InChI=1S/C23H23N5O2S.C19H16N4O2S/c29-23(28-5-7-30-8-6-28)14-2-4-18-19(10-14)31-22-20(18)21(25-13-26-22)27-17-3-1-15-11-24-12-16(15)9-17;24-19(25)10-2-4-14-15(6-10)26-18-16(14)17(21-9-22-18)23-13-3-1-11-7-20-8-12(11)5-13/h1,3,9,12-14H,2,4-8,10-11H2,(H,25,26,27);1,3,5,8-10H,2,4,6-7H2,(H,24,25)(H,21,22,23)/t14-;10-/m00/s1. The molecule has 0 bridgehead atoms. The second kappa shape index (κ2) is 15.0. The zero-order valence-electron chi connectivity index (χ0n) is 31.0. The maximum atomic E-state index is 13.0. The van der Waals surface area contributed by atoms with Gasteiger partial charge < -0.3 is 25.4 Å². The van der Waals surface area contributed by atoms with Gasteiger partial charge in [0.15, 0.2) is 0 Å². The summed E-state index contributed by atoms with van der Waals surface area (Å²) in [4.78, 5) is 57.2. The monoisotopic (exact) mass is 797 g/mol. The van der Waals surface area contributed by atoms with Gasteiger partial charge in [-0.15, -0.1) is 22.7 Å². The highest BCUT2D eigenvalue weighted by molar-refractivity contribution is 7.19. The van der Waals surface area contributed by atoms with Crippen molar-refractivity contribution in [2.24, 2.45) is 21.8 Å². The van der Waals surface area contributed by atoms with Gasteiger partial charge in [0.2, 0.25) is 5.91 Å². The zero-order valence-corrected chi connectivity index (χ0v) is 32.7. The minimum Gasteiger partial charge on any atom is -0.481 e. The van der Waals surface area contributed by atoms with E-state index >= 15 is 0 Å². The van der Waals surface area contributed by atoms with Crippen LogP contribution in [0.3, 0.4) is 0 Å². The molecular weight excluding hydrogens is 759 g/mol. The van der Waals surface area contributed by atoms with Crippen molar-refractivity contribution in [2.45, 2.75) is 51.6 Å². The van der Waals surface area contributed by atoms with Crippen molar-refractivity contribution in [1.29, 1.82) is 0 Å². The normalized spacial score (nSPS) is 19.1. The number of morpholine rings is 1. The summed E-state index contributed by atoms with van der Waals surface area (Å²) < 4.78 is 5.40. The molecule has 3 N–H and O–H groups in total. The molecule has 11 rings (SSSR count). The number of carboxylic acid groups (broad SMARTS) is 1. The van der Waals surface area contributed by atoms with E-state index in [0.717, 1.165) is 98.2 Å². The van der Waals surface area contributed by atoms with Crippen LogP contribution in [0.4, 0.5) is 23.0 Å². The van der Waals surface area contributed by atoms with Crippen molar-refractivity contribution in [2.75, 3.05) is 36.9 Å². The van der Waals surface area contributed by atoms with E-state index < -0.39 is 5.97 Å². The maximum absolute atomic E-state index is 13.0. The molecule has 7 heterocycles. The number of rotatable bonds is 6. The van der Waals surface area contributed by atoms with Crippen LogP contribution < -0.4 is 10.6 Å². The number of carbonyl (C=O) groups excluding carboxylic acids is 1. The number of carbonyl (C=O) groups is 2. The lowest BCUT2D eigenvalue weighted by atomic mass is 9.86. The highest BCUT2D eigenvalue weighted by Crippen LogP contribution is 2.42. The molecule has 4 aromatic heterocycles. The number of fused-ring (bicyclic) bond motifs is 8. The van der Waals surface area contributed by atoms with E-state index in [1.54, 1.807) is 35.3 Å². The van der Waals surface area contributed by atoms with Crippen LogP contribution in [0.1, 0.15) is 56.0 Å². The van der Waals surface area contributed by atoms with Crippen LogP contribution in [0.15, 0.2) is 59.0 Å².